The Kier molecular flexibility index (Phi) is 3.31. The Bertz CT molecular complexity index is 1050. The van der Waals surface area contributed by atoms with Gasteiger partial charge in [-0.1, -0.05) is 30.3 Å². The maximum absolute atomic E-state index is 12.7. The van der Waals surface area contributed by atoms with E-state index >= 15 is 0 Å². The highest BCUT2D eigenvalue weighted by Gasteiger charge is 2.18. The highest BCUT2D eigenvalue weighted by molar-refractivity contribution is 6.06. The van der Waals surface area contributed by atoms with E-state index in [0.717, 1.165) is 27.5 Å². The molecule has 4 rings (SSSR count). The van der Waals surface area contributed by atoms with E-state index in [-0.39, 0.29) is 11.7 Å². The van der Waals surface area contributed by atoms with Gasteiger partial charge in [0.25, 0.3) is 5.91 Å². The molecule has 24 heavy (non-hydrogen) atoms. The second kappa shape index (κ2) is 5.49. The molecule has 1 amide bonds. The van der Waals surface area contributed by atoms with Crippen LogP contribution in [0.25, 0.3) is 22.0 Å². The Labute approximate surface area is 139 Å². The average molecular weight is 316 g/mol. The van der Waals surface area contributed by atoms with E-state index < -0.39 is 0 Å². The van der Waals surface area contributed by atoms with Gasteiger partial charge in [-0.3, -0.25) is 4.79 Å². The van der Waals surface area contributed by atoms with Crippen molar-refractivity contribution < 1.29 is 9.21 Å². The van der Waals surface area contributed by atoms with Crippen molar-refractivity contribution in [3.05, 3.63) is 72.0 Å². The quantitative estimate of drug-likeness (QED) is 0.544. The number of pyridine rings is 1. The number of benzene rings is 2. The molecule has 2 aromatic heterocycles. The largest absolute Gasteiger partial charge is 0.433 e. The highest BCUT2D eigenvalue weighted by atomic mass is 16.4. The van der Waals surface area contributed by atoms with E-state index in [4.69, 9.17) is 4.42 Å². The van der Waals surface area contributed by atoms with Gasteiger partial charge in [0.15, 0.2) is 5.76 Å². The number of aryl methyl sites for hydroxylation is 1. The third kappa shape index (κ3) is 2.42. The first kappa shape index (κ1) is 14.5. The number of hydrogen-bond acceptors (Lipinski definition) is 3. The number of carbonyl (C=O) groups excluding carboxylic acids is 1. The lowest BCUT2D eigenvalue weighted by Gasteiger charge is -2.15. The van der Waals surface area contributed by atoms with Gasteiger partial charge < -0.3 is 9.32 Å². The number of para-hydroxylation sites is 1. The Morgan fingerprint density at radius 1 is 1.00 bits per heavy atom. The fourth-order valence-corrected chi connectivity index (χ4v) is 2.78. The molecule has 0 aliphatic rings. The summed E-state index contributed by atoms with van der Waals surface area (Å²) >= 11 is 0. The molecule has 0 saturated carbocycles. The van der Waals surface area contributed by atoms with Gasteiger partial charge >= 0.3 is 0 Å². The standard InChI is InChI=1S/C20H16N2O2/c1-13-8-9-14-11-15-12-18(24-19(15)21-17(14)10-13)20(23)22(2)16-6-4-3-5-7-16/h3-12H,1-2H3. The molecule has 0 saturated heterocycles. The first-order valence-electron chi connectivity index (χ1n) is 7.76. The predicted octanol–water partition coefficient (Wildman–Crippen LogP) is 4.57. The van der Waals surface area contributed by atoms with Crippen molar-refractivity contribution in [2.24, 2.45) is 0 Å². The molecule has 4 aromatic rings. The Balaban J connectivity index is 1.77. The van der Waals surface area contributed by atoms with Crippen molar-refractivity contribution in [3.8, 4) is 0 Å². The van der Waals surface area contributed by atoms with Crippen molar-refractivity contribution in [2.75, 3.05) is 11.9 Å². The van der Waals surface area contributed by atoms with Gasteiger partial charge in [-0.15, -0.1) is 0 Å². The van der Waals surface area contributed by atoms with Gasteiger partial charge in [0.2, 0.25) is 5.71 Å². The molecule has 4 nitrogen and oxygen atoms in total. The van der Waals surface area contributed by atoms with Gasteiger partial charge in [0, 0.05) is 23.5 Å². The number of aromatic nitrogens is 1. The predicted molar refractivity (Wildman–Crippen MR) is 95.4 cm³/mol. The average Bonchev–Trinajstić information content (AvgIpc) is 3.02. The number of hydrogen-bond donors (Lipinski definition) is 0. The number of nitrogens with zero attached hydrogens (tertiary/aromatic N) is 2. The van der Waals surface area contributed by atoms with Crippen molar-refractivity contribution in [3.63, 3.8) is 0 Å². The van der Waals surface area contributed by atoms with E-state index in [2.05, 4.69) is 4.98 Å². The minimum atomic E-state index is -0.195. The third-order valence-electron chi connectivity index (χ3n) is 4.12. The summed E-state index contributed by atoms with van der Waals surface area (Å²) in [4.78, 5) is 18.8. The number of anilines is 1. The SMILES string of the molecule is Cc1ccc2cc3cc(C(=O)N(C)c4ccccc4)oc3nc2c1. The highest BCUT2D eigenvalue weighted by Crippen LogP contribution is 2.25. The molecule has 0 aliphatic heterocycles. The van der Waals surface area contributed by atoms with Crippen molar-refractivity contribution in [1.82, 2.24) is 4.98 Å². The fourth-order valence-electron chi connectivity index (χ4n) is 2.78. The molecule has 118 valence electrons. The molecule has 0 radical (unpaired) electrons. The second-order valence-electron chi connectivity index (χ2n) is 5.89. The van der Waals surface area contributed by atoms with Gasteiger partial charge in [0.05, 0.1) is 5.52 Å². The second-order valence-corrected chi connectivity index (χ2v) is 5.89. The molecular weight excluding hydrogens is 300 g/mol. The Morgan fingerprint density at radius 2 is 1.79 bits per heavy atom. The smallest absolute Gasteiger partial charge is 0.293 e. The molecule has 0 spiro atoms. The topological polar surface area (TPSA) is 46.3 Å². The lowest BCUT2D eigenvalue weighted by molar-refractivity contribution is 0.0968. The molecule has 0 atom stereocenters. The molecule has 0 bridgehead atoms. The Morgan fingerprint density at radius 3 is 2.58 bits per heavy atom. The van der Waals surface area contributed by atoms with Crippen molar-refractivity contribution >= 4 is 33.6 Å². The Hall–Kier alpha value is -3.14. The zero-order valence-corrected chi connectivity index (χ0v) is 13.5. The normalized spacial score (nSPS) is 11.1. The van der Waals surface area contributed by atoms with Crippen molar-refractivity contribution in [2.45, 2.75) is 6.92 Å². The van der Waals surface area contributed by atoms with Crippen LogP contribution in [0, 0.1) is 6.92 Å². The third-order valence-corrected chi connectivity index (χ3v) is 4.12. The van der Waals surface area contributed by atoms with E-state index in [1.807, 2.05) is 61.5 Å². The summed E-state index contributed by atoms with van der Waals surface area (Å²) in [5.41, 5.74) is 3.31. The van der Waals surface area contributed by atoms with Crippen LogP contribution in [0.4, 0.5) is 5.69 Å². The minimum Gasteiger partial charge on any atom is -0.433 e. The van der Waals surface area contributed by atoms with Crippen LogP contribution >= 0.6 is 0 Å². The first-order chi connectivity index (χ1) is 11.6. The van der Waals surface area contributed by atoms with Gasteiger partial charge in [-0.05, 0) is 42.8 Å². The number of amides is 1. The van der Waals surface area contributed by atoms with Crippen LogP contribution in [0.3, 0.4) is 0 Å². The van der Waals surface area contributed by atoms with Crippen LogP contribution in [0.1, 0.15) is 16.1 Å². The van der Waals surface area contributed by atoms with Crippen LogP contribution in [-0.2, 0) is 0 Å². The van der Waals surface area contributed by atoms with E-state index in [1.165, 1.54) is 0 Å². The van der Waals surface area contributed by atoms with Gasteiger partial charge in [0.1, 0.15) is 0 Å². The van der Waals surface area contributed by atoms with Gasteiger partial charge in [-0.25, -0.2) is 4.98 Å². The summed E-state index contributed by atoms with van der Waals surface area (Å²) < 4.78 is 5.72. The van der Waals surface area contributed by atoms with E-state index in [1.54, 1.807) is 18.0 Å². The maximum atomic E-state index is 12.7. The fraction of sp³-hybridized carbons (Fsp3) is 0.100. The zero-order valence-electron chi connectivity index (χ0n) is 13.5. The summed E-state index contributed by atoms with van der Waals surface area (Å²) in [6, 6.07) is 19.3. The lowest BCUT2D eigenvalue weighted by atomic mass is 10.1. The molecule has 0 unspecified atom stereocenters. The molecular formula is C20H16N2O2. The van der Waals surface area contributed by atoms with E-state index in [0.29, 0.717) is 5.71 Å². The number of carbonyl (C=O) groups is 1. The summed E-state index contributed by atoms with van der Waals surface area (Å²) in [7, 11) is 1.73. The van der Waals surface area contributed by atoms with Gasteiger partial charge in [-0.2, -0.15) is 0 Å². The van der Waals surface area contributed by atoms with E-state index in [9.17, 15) is 4.79 Å². The zero-order chi connectivity index (χ0) is 16.7. The lowest BCUT2D eigenvalue weighted by Crippen LogP contribution is -2.25. The first-order valence-corrected chi connectivity index (χ1v) is 7.76. The molecule has 2 aromatic carbocycles. The molecule has 4 heteroatoms. The van der Waals surface area contributed by atoms with Crippen molar-refractivity contribution in [1.29, 1.82) is 0 Å². The summed E-state index contributed by atoms with van der Waals surface area (Å²) in [6.45, 7) is 2.03. The summed E-state index contributed by atoms with van der Waals surface area (Å²) in [5.74, 6) is 0.0929. The monoisotopic (exact) mass is 316 g/mol. The van der Waals surface area contributed by atoms with Crippen LogP contribution < -0.4 is 4.90 Å². The van der Waals surface area contributed by atoms with Crippen LogP contribution in [-0.4, -0.2) is 17.9 Å². The summed E-state index contributed by atoms with van der Waals surface area (Å²) in [6.07, 6.45) is 0. The molecule has 0 aliphatic carbocycles. The van der Waals surface area contributed by atoms with Crippen LogP contribution in [0.15, 0.2) is 65.1 Å². The molecule has 0 fully saturated rings. The van der Waals surface area contributed by atoms with Crippen LogP contribution in [0.5, 0.6) is 0 Å². The number of fused-ring (bicyclic) bond motifs is 2. The maximum Gasteiger partial charge on any atom is 0.293 e. The minimum absolute atomic E-state index is 0.195. The molecule has 2 heterocycles. The molecule has 0 N–H and O–H groups in total. The number of rotatable bonds is 2. The summed E-state index contributed by atoms with van der Waals surface area (Å²) in [5, 5.41) is 1.86. The number of furan rings is 1. The van der Waals surface area contributed by atoms with Crippen LogP contribution in [0.2, 0.25) is 0 Å².